The summed E-state index contributed by atoms with van der Waals surface area (Å²) in [5, 5.41) is 5.27. The first-order valence-corrected chi connectivity index (χ1v) is 6.71. The maximum atomic E-state index is 11.3. The van der Waals surface area contributed by atoms with Gasteiger partial charge in [0.1, 0.15) is 0 Å². The SMILES string of the molecule is CC(=O)N[C@H](C)c1ncc(C)c2c1[nH]c1ccccc12. The van der Waals surface area contributed by atoms with Crippen LogP contribution in [0.25, 0.3) is 21.8 Å². The summed E-state index contributed by atoms with van der Waals surface area (Å²) in [6.07, 6.45) is 1.87. The summed E-state index contributed by atoms with van der Waals surface area (Å²) in [6.45, 7) is 5.53. The third-order valence-electron chi connectivity index (χ3n) is 3.58. The molecule has 0 saturated heterocycles. The van der Waals surface area contributed by atoms with Crippen molar-refractivity contribution in [1.29, 1.82) is 0 Å². The van der Waals surface area contributed by atoms with E-state index in [4.69, 9.17) is 0 Å². The lowest BCUT2D eigenvalue weighted by Gasteiger charge is -2.13. The lowest BCUT2D eigenvalue weighted by atomic mass is 10.1. The number of carbonyl (C=O) groups excluding carboxylic acids is 1. The number of aromatic nitrogens is 2. The number of hydrogen-bond acceptors (Lipinski definition) is 2. The van der Waals surface area contributed by atoms with Crippen LogP contribution in [-0.2, 0) is 4.79 Å². The lowest BCUT2D eigenvalue weighted by molar-refractivity contribution is -0.119. The molecule has 2 aromatic heterocycles. The summed E-state index contributed by atoms with van der Waals surface area (Å²) in [4.78, 5) is 19.2. The zero-order valence-electron chi connectivity index (χ0n) is 11.8. The van der Waals surface area contributed by atoms with Gasteiger partial charge in [-0.05, 0) is 25.5 Å². The van der Waals surface area contributed by atoms with E-state index in [-0.39, 0.29) is 11.9 Å². The van der Waals surface area contributed by atoms with Gasteiger partial charge < -0.3 is 10.3 Å². The second-order valence-electron chi connectivity index (χ2n) is 5.17. The second-order valence-corrected chi connectivity index (χ2v) is 5.17. The van der Waals surface area contributed by atoms with Crippen molar-refractivity contribution in [3.63, 3.8) is 0 Å². The van der Waals surface area contributed by atoms with Crippen LogP contribution in [0, 0.1) is 6.92 Å². The molecule has 3 rings (SSSR count). The largest absolute Gasteiger partial charge is 0.353 e. The maximum Gasteiger partial charge on any atom is 0.217 e. The van der Waals surface area contributed by atoms with E-state index >= 15 is 0 Å². The first kappa shape index (κ1) is 12.7. The number of pyridine rings is 1. The van der Waals surface area contributed by atoms with Gasteiger partial charge >= 0.3 is 0 Å². The quantitative estimate of drug-likeness (QED) is 0.749. The Morgan fingerprint density at radius 3 is 2.85 bits per heavy atom. The number of fused-ring (bicyclic) bond motifs is 3. The average molecular weight is 267 g/mol. The fourth-order valence-electron chi connectivity index (χ4n) is 2.74. The van der Waals surface area contributed by atoms with Crippen molar-refractivity contribution in [3.8, 4) is 0 Å². The van der Waals surface area contributed by atoms with Crippen molar-refractivity contribution < 1.29 is 4.79 Å². The minimum atomic E-state index is -0.122. The molecule has 1 atom stereocenters. The van der Waals surface area contributed by atoms with Crippen molar-refractivity contribution in [2.75, 3.05) is 0 Å². The smallest absolute Gasteiger partial charge is 0.217 e. The molecule has 0 unspecified atom stereocenters. The lowest BCUT2D eigenvalue weighted by Crippen LogP contribution is -2.24. The molecular weight excluding hydrogens is 250 g/mol. The van der Waals surface area contributed by atoms with E-state index in [1.165, 1.54) is 17.7 Å². The van der Waals surface area contributed by atoms with Crippen LogP contribution in [0.2, 0.25) is 0 Å². The van der Waals surface area contributed by atoms with E-state index in [0.717, 1.165) is 22.3 Å². The maximum absolute atomic E-state index is 11.3. The molecule has 1 aromatic carbocycles. The summed E-state index contributed by atoms with van der Waals surface area (Å²) in [7, 11) is 0. The molecule has 0 aliphatic heterocycles. The van der Waals surface area contributed by atoms with E-state index in [2.05, 4.69) is 34.3 Å². The molecule has 102 valence electrons. The number of nitrogens with one attached hydrogen (secondary N) is 2. The predicted molar refractivity (Wildman–Crippen MR) is 80.6 cm³/mol. The number of carbonyl (C=O) groups is 1. The van der Waals surface area contributed by atoms with Crippen molar-refractivity contribution in [2.45, 2.75) is 26.8 Å². The summed E-state index contributed by atoms with van der Waals surface area (Å²) in [5.74, 6) is -0.0517. The number of H-pyrrole nitrogens is 1. The minimum Gasteiger partial charge on any atom is -0.353 e. The van der Waals surface area contributed by atoms with Gasteiger partial charge in [-0.3, -0.25) is 9.78 Å². The van der Waals surface area contributed by atoms with Gasteiger partial charge in [0.05, 0.1) is 17.3 Å². The van der Waals surface area contributed by atoms with Gasteiger partial charge in [-0.1, -0.05) is 18.2 Å². The van der Waals surface area contributed by atoms with Crippen molar-refractivity contribution in [2.24, 2.45) is 0 Å². The minimum absolute atomic E-state index is 0.0517. The van der Waals surface area contributed by atoms with Crippen molar-refractivity contribution in [1.82, 2.24) is 15.3 Å². The number of aryl methyl sites for hydroxylation is 1. The van der Waals surface area contributed by atoms with E-state index in [1.54, 1.807) is 0 Å². The molecule has 0 saturated carbocycles. The summed E-state index contributed by atoms with van der Waals surface area (Å²) in [5.41, 5.74) is 4.11. The molecule has 2 heterocycles. The van der Waals surface area contributed by atoms with Crippen molar-refractivity contribution in [3.05, 3.63) is 41.7 Å². The highest BCUT2D eigenvalue weighted by Gasteiger charge is 2.16. The van der Waals surface area contributed by atoms with E-state index in [1.807, 2.05) is 25.3 Å². The number of nitrogens with zero attached hydrogens (tertiary/aromatic N) is 1. The molecule has 1 amide bonds. The third kappa shape index (κ3) is 1.93. The Balaban J connectivity index is 2.29. The molecule has 0 bridgehead atoms. The number of benzene rings is 1. The number of aromatic amines is 1. The van der Waals surface area contributed by atoms with Crippen LogP contribution in [0.1, 0.15) is 31.1 Å². The van der Waals surface area contributed by atoms with E-state index in [0.29, 0.717) is 0 Å². The van der Waals surface area contributed by atoms with Crippen LogP contribution >= 0.6 is 0 Å². The molecule has 0 radical (unpaired) electrons. The number of rotatable bonds is 2. The standard InChI is InChI=1S/C16H17N3O/c1-9-8-17-15(10(2)18-11(3)20)16-14(9)12-6-4-5-7-13(12)19-16/h4-8,10,19H,1-3H3,(H,18,20)/t10-/m1/s1. The monoisotopic (exact) mass is 267 g/mol. The average Bonchev–Trinajstić information content (AvgIpc) is 2.78. The third-order valence-corrected chi connectivity index (χ3v) is 3.58. The van der Waals surface area contributed by atoms with Crippen LogP contribution in [0.4, 0.5) is 0 Å². The zero-order chi connectivity index (χ0) is 14.3. The van der Waals surface area contributed by atoms with Gasteiger partial charge in [0, 0.05) is 29.4 Å². The first-order valence-electron chi connectivity index (χ1n) is 6.71. The molecule has 0 aliphatic rings. The van der Waals surface area contributed by atoms with Gasteiger partial charge in [0.15, 0.2) is 0 Å². The molecule has 0 spiro atoms. The molecule has 0 fully saturated rings. The Labute approximate surface area is 117 Å². The van der Waals surface area contributed by atoms with E-state index in [9.17, 15) is 4.79 Å². The van der Waals surface area contributed by atoms with Gasteiger partial charge in [0.25, 0.3) is 0 Å². The van der Waals surface area contributed by atoms with Gasteiger partial charge in [-0.15, -0.1) is 0 Å². The molecule has 4 heteroatoms. The zero-order valence-corrected chi connectivity index (χ0v) is 11.8. The topological polar surface area (TPSA) is 57.8 Å². The van der Waals surface area contributed by atoms with Crippen LogP contribution < -0.4 is 5.32 Å². The summed E-state index contributed by atoms with van der Waals surface area (Å²) >= 11 is 0. The number of para-hydroxylation sites is 1. The van der Waals surface area contributed by atoms with Gasteiger partial charge in [0.2, 0.25) is 5.91 Å². The Bertz CT molecular complexity index is 804. The molecule has 4 nitrogen and oxygen atoms in total. The fourth-order valence-corrected chi connectivity index (χ4v) is 2.74. The second kappa shape index (κ2) is 4.63. The Hall–Kier alpha value is -2.36. The predicted octanol–water partition coefficient (Wildman–Crippen LogP) is 3.22. The highest BCUT2D eigenvalue weighted by molar-refractivity contribution is 6.09. The Morgan fingerprint density at radius 2 is 2.10 bits per heavy atom. The fraction of sp³-hybridized carbons (Fsp3) is 0.250. The highest BCUT2D eigenvalue weighted by atomic mass is 16.1. The van der Waals surface area contributed by atoms with Crippen LogP contribution in [0.3, 0.4) is 0 Å². The van der Waals surface area contributed by atoms with Gasteiger partial charge in [-0.2, -0.15) is 0 Å². The van der Waals surface area contributed by atoms with E-state index < -0.39 is 0 Å². The molecule has 3 aromatic rings. The summed E-state index contributed by atoms with van der Waals surface area (Å²) in [6, 6.07) is 8.09. The number of amides is 1. The summed E-state index contributed by atoms with van der Waals surface area (Å²) < 4.78 is 0. The van der Waals surface area contributed by atoms with Crippen molar-refractivity contribution >= 4 is 27.7 Å². The Morgan fingerprint density at radius 1 is 1.35 bits per heavy atom. The highest BCUT2D eigenvalue weighted by Crippen LogP contribution is 2.31. The van der Waals surface area contributed by atoms with Crippen LogP contribution in [0.5, 0.6) is 0 Å². The molecule has 0 aliphatic carbocycles. The number of hydrogen-bond donors (Lipinski definition) is 2. The first-order chi connectivity index (χ1) is 9.58. The molecular formula is C16H17N3O. The molecule has 2 N–H and O–H groups in total. The normalized spacial score (nSPS) is 12.8. The van der Waals surface area contributed by atoms with Crippen LogP contribution in [-0.4, -0.2) is 15.9 Å². The Kier molecular flexibility index (Phi) is 2.93. The van der Waals surface area contributed by atoms with Gasteiger partial charge in [-0.25, -0.2) is 0 Å². The van der Waals surface area contributed by atoms with Crippen LogP contribution in [0.15, 0.2) is 30.5 Å². The molecule has 20 heavy (non-hydrogen) atoms.